The van der Waals surface area contributed by atoms with Crippen LogP contribution in [0.1, 0.15) is 20.3 Å². The average molecular weight is 358 g/mol. The number of carbonyl (C=O) groups excluding carboxylic acids is 1. The number of hydrogen-bond acceptors (Lipinski definition) is 4. The Balaban J connectivity index is 2.36. The van der Waals surface area contributed by atoms with Crippen LogP contribution in [0.5, 0.6) is 0 Å². The van der Waals surface area contributed by atoms with E-state index in [9.17, 15) is 4.79 Å². The molecule has 1 aliphatic rings. The van der Waals surface area contributed by atoms with Gasteiger partial charge in [0.1, 0.15) is 5.54 Å². The van der Waals surface area contributed by atoms with Gasteiger partial charge < -0.3 is 10.1 Å². The second kappa shape index (κ2) is 5.98. The number of anilines is 1. The molecule has 0 saturated carbocycles. The molecular formula is C15H20BrNO2S. The fraction of sp³-hybridized carbons (Fsp3) is 0.533. The first-order valence-electron chi connectivity index (χ1n) is 6.61. The average Bonchev–Trinajstić information content (AvgIpc) is 2.42. The van der Waals surface area contributed by atoms with Crippen molar-refractivity contribution in [1.29, 1.82) is 0 Å². The molecule has 0 bridgehead atoms. The molecule has 3 nitrogen and oxygen atoms in total. The predicted octanol–water partition coefficient (Wildman–Crippen LogP) is 3.94. The summed E-state index contributed by atoms with van der Waals surface area (Å²) in [5.41, 5.74) is 0.103. The lowest BCUT2D eigenvalue weighted by atomic mass is 9.70. The summed E-state index contributed by atoms with van der Waals surface area (Å²) in [6, 6.07) is 7.89. The van der Waals surface area contributed by atoms with E-state index in [0.717, 1.165) is 28.1 Å². The Morgan fingerprint density at radius 3 is 2.55 bits per heavy atom. The van der Waals surface area contributed by atoms with E-state index in [1.165, 1.54) is 7.11 Å². The smallest absolute Gasteiger partial charge is 0.332 e. The second-order valence-corrected chi connectivity index (χ2v) is 7.74. The molecule has 1 atom stereocenters. The lowest BCUT2D eigenvalue weighted by Crippen LogP contribution is -2.61. The van der Waals surface area contributed by atoms with E-state index in [2.05, 4.69) is 35.1 Å². The zero-order chi connectivity index (χ0) is 14.8. The van der Waals surface area contributed by atoms with Crippen molar-refractivity contribution in [3.63, 3.8) is 0 Å². The van der Waals surface area contributed by atoms with Crippen molar-refractivity contribution in [1.82, 2.24) is 0 Å². The van der Waals surface area contributed by atoms with Crippen LogP contribution in [0.4, 0.5) is 5.69 Å². The lowest BCUT2D eigenvalue weighted by molar-refractivity contribution is -0.149. The van der Waals surface area contributed by atoms with Gasteiger partial charge in [0.2, 0.25) is 0 Å². The van der Waals surface area contributed by atoms with Gasteiger partial charge >= 0.3 is 5.97 Å². The Morgan fingerprint density at radius 2 is 2.00 bits per heavy atom. The molecule has 20 heavy (non-hydrogen) atoms. The molecule has 5 heteroatoms. The Morgan fingerprint density at radius 1 is 1.35 bits per heavy atom. The standard InChI is InChI=1S/C15H20BrNO2S/c1-14(2)8-9-20-10-15(14,13(18)19-3)17-12-6-4-11(16)5-7-12/h4-7,17H,8-10H2,1-3H3. The van der Waals surface area contributed by atoms with Crippen LogP contribution < -0.4 is 5.32 Å². The Bertz CT molecular complexity index is 489. The minimum absolute atomic E-state index is 0.154. The Labute approximate surface area is 133 Å². The molecule has 1 aliphatic heterocycles. The molecule has 1 N–H and O–H groups in total. The quantitative estimate of drug-likeness (QED) is 0.831. The SMILES string of the molecule is COC(=O)C1(Nc2ccc(Br)cc2)CSCCC1(C)C. The highest BCUT2D eigenvalue weighted by atomic mass is 79.9. The molecule has 1 heterocycles. The maximum absolute atomic E-state index is 12.5. The van der Waals surface area contributed by atoms with Crippen LogP contribution in [0.15, 0.2) is 28.7 Å². The number of ether oxygens (including phenoxy) is 1. The molecule has 2 rings (SSSR count). The van der Waals surface area contributed by atoms with E-state index >= 15 is 0 Å². The first-order valence-corrected chi connectivity index (χ1v) is 8.56. The van der Waals surface area contributed by atoms with Crippen molar-refractivity contribution in [3.8, 4) is 0 Å². The fourth-order valence-electron chi connectivity index (χ4n) is 2.51. The number of benzene rings is 1. The zero-order valence-corrected chi connectivity index (χ0v) is 14.4. The molecule has 0 aromatic heterocycles. The zero-order valence-electron chi connectivity index (χ0n) is 12.0. The van der Waals surface area contributed by atoms with E-state index in [-0.39, 0.29) is 11.4 Å². The van der Waals surface area contributed by atoms with Gasteiger partial charge in [-0.3, -0.25) is 0 Å². The van der Waals surface area contributed by atoms with Crippen molar-refractivity contribution in [2.24, 2.45) is 5.41 Å². The minimum atomic E-state index is -0.682. The molecule has 110 valence electrons. The second-order valence-electron chi connectivity index (χ2n) is 5.72. The third kappa shape index (κ3) is 2.84. The summed E-state index contributed by atoms with van der Waals surface area (Å²) in [7, 11) is 1.46. The third-order valence-corrected chi connectivity index (χ3v) is 5.74. The highest BCUT2D eigenvalue weighted by Crippen LogP contribution is 2.45. The number of hydrogen-bond donors (Lipinski definition) is 1. The van der Waals surface area contributed by atoms with Gasteiger partial charge in [0.05, 0.1) is 7.11 Å². The molecule has 1 fully saturated rings. The number of halogens is 1. The lowest BCUT2D eigenvalue weighted by Gasteiger charge is -2.48. The molecular weight excluding hydrogens is 338 g/mol. The first kappa shape index (κ1) is 15.7. The van der Waals surface area contributed by atoms with E-state index < -0.39 is 5.54 Å². The number of methoxy groups -OCH3 is 1. The Hall–Kier alpha value is -0.680. The predicted molar refractivity (Wildman–Crippen MR) is 88.2 cm³/mol. The summed E-state index contributed by atoms with van der Waals surface area (Å²) >= 11 is 5.22. The first-order chi connectivity index (χ1) is 9.41. The minimum Gasteiger partial charge on any atom is -0.467 e. The van der Waals surface area contributed by atoms with Crippen molar-refractivity contribution in [2.75, 3.05) is 23.9 Å². The highest BCUT2D eigenvalue weighted by molar-refractivity contribution is 9.10. The van der Waals surface area contributed by atoms with Crippen molar-refractivity contribution in [3.05, 3.63) is 28.7 Å². The molecule has 1 aromatic carbocycles. The van der Waals surface area contributed by atoms with Crippen LogP contribution in [0.2, 0.25) is 0 Å². The van der Waals surface area contributed by atoms with Gasteiger partial charge in [-0.1, -0.05) is 29.8 Å². The summed E-state index contributed by atoms with van der Waals surface area (Å²) in [4.78, 5) is 12.5. The van der Waals surface area contributed by atoms with Crippen LogP contribution in [0, 0.1) is 5.41 Å². The van der Waals surface area contributed by atoms with Crippen molar-refractivity contribution < 1.29 is 9.53 Å². The highest BCUT2D eigenvalue weighted by Gasteiger charge is 2.53. The van der Waals surface area contributed by atoms with Crippen LogP contribution in [0.25, 0.3) is 0 Å². The van der Waals surface area contributed by atoms with Crippen molar-refractivity contribution >= 4 is 39.3 Å². The number of nitrogens with one attached hydrogen (secondary N) is 1. The summed E-state index contributed by atoms with van der Waals surface area (Å²) in [5, 5.41) is 3.45. The maximum Gasteiger partial charge on any atom is 0.332 e. The van der Waals surface area contributed by atoms with E-state index in [0.29, 0.717) is 0 Å². The Kier molecular flexibility index (Phi) is 4.69. The maximum atomic E-state index is 12.5. The largest absolute Gasteiger partial charge is 0.467 e. The molecule has 1 saturated heterocycles. The monoisotopic (exact) mass is 357 g/mol. The summed E-state index contributed by atoms with van der Waals surface area (Å²) < 4.78 is 6.12. The molecule has 0 radical (unpaired) electrons. The van der Waals surface area contributed by atoms with Gasteiger partial charge in [0.25, 0.3) is 0 Å². The molecule has 0 spiro atoms. The molecule has 1 unspecified atom stereocenters. The van der Waals surface area contributed by atoms with Crippen LogP contribution in [-0.2, 0) is 9.53 Å². The topological polar surface area (TPSA) is 38.3 Å². The fourth-order valence-corrected chi connectivity index (χ4v) is 4.46. The van der Waals surface area contributed by atoms with Gasteiger partial charge in [-0.25, -0.2) is 4.79 Å². The normalized spacial score (nSPS) is 25.0. The van der Waals surface area contributed by atoms with Crippen LogP contribution >= 0.6 is 27.7 Å². The number of thioether (sulfide) groups is 1. The molecule has 1 aromatic rings. The van der Waals surface area contributed by atoms with Gasteiger partial charge in [0, 0.05) is 21.3 Å². The van der Waals surface area contributed by atoms with Gasteiger partial charge in [0.15, 0.2) is 0 Å². The van der Waals surface area contributed by atoms with Gasteiger partial charge in [-0.05, 0) is 36.4 Å². The summed E-state index contributed by atoms with van der Waals surface area (Å²) in [6.07, 6.45) is 0.982. The number of carbonyl (C=O) groups is 1. The molecule has 0 amide bonds. The number of rotatable bonds is 3. The third-order valence-electron chi connectivity index (χ3n) is 4.08. The van der Waals surface area contributed by atoms with Gasteiger partial charge in [-0.15, -0.1) is 0 Å². The molecule has 0 aliphatic carbocycles. The summed E-state index contributed by atoms with van der Waals surface area (Å²) in [6.45, 7) is 4.27. The van der Waals surface area contributed by atoms with E-state index in [1.807, 2.05) is 24.3 Å². The van der Waals surface area contributed by atoms with E-state index in [1.54, 1.807) is 11.8 Å². The van der Waals surface area contributed by atoms with E-state index in [4.69, 9.17) is 4.74 Å². The van der Waals surface area contributed by atoms with Gasteiger partial charge in [-0.2, -0.15) is 11.8 Å². The van der Waals surface area contributed by atoms with Crippen LogP contribution in [-0.4, -0.2) is 30.1 Å². The summed E-state index contributed by atoms with van der Waals surface area (Å²) in [5.74, 6) is 1.62. The van der Waals surface area contributed by atoms with Crippen LogP contribution in [0.3, 0.4) is 0 Å². The van der Waals surface area contributed by atoms with Crippen molar-refractivity contribution in [2.45, 2.75) is 25.8 Å². The number of esters is 1.